The minimum Gasteiger partial charge on any atom is -0.382 e. The predicted molar refractivity (Wildman–Crippen MR) is 111 cm³/mol. The second-order valence-electron chi connectivity index (χ2n) is 7.84. The molecule has 1 heterocycles. The van der Waals surface area contributed by atoms with Crippen LogP contribution in [0.15, 0.2) is 48.5 Å². The topological polar surface area (TPSA) is 53.2 Å². The number of carbonyl (C=O) groups is 1. The van der Waals surface area contributed by atoms with Gasteiger partial charge in [0.25, 0.3) is 5.91 Å². The van der Waals surface area contributed by atoms with Gasteiger partial charge in [-0.25, -0.2) is 0 Å². The maximum Gasteiger partial charge on any atom is 0.255 e. The highest BCUT2D eigenvalue weighted by atomic mass is 16.1. The van der Waals surface area contributed by atoms with Crippen molar-refractivity contribution in [1.82, 2.24) is 0 Å². The van der Waals surface area contributed by atoms with E-state index >= 15 is 0 Å². The number of anilines is 3. The van der Waals surface area contributed by atoms with Gasteiger partial charge < -0.3 is 16.0 Å². The number of hydrogen-bond acceptors (Lipinski definition) is 3. The van der Waals surface area contributed by atoms with Crippen molar-refractivity contribution in [3.8, 4) is 0 Å². The van der Waals surface area contributed by atoms with Gasteiger partial charge in [-0.2, -0.15) is 0 Å². The molecule has 0 saturated carbocycles. The van der Waals surface area contributed by atoms with Crippen molar-refractivity contribution >= 4 is 28.5 Å². The molecule has 0 aliphatic carbocycles. The Balaban J connectivity index is 1.71. The van der Waals surface area contributed by atoms with Gasteiger partial charge >= 0.3 is 0 Å². The Morgan fingerprint density at radius 2 is 1.58 bits per heavy atom. The SMILES string of the molecule is C/C(=C/C(C)(C)C)c1ccc(C(=O)Nc2ccc3c(c2)NCCN3)cc1. The Kier molecular flexibility index (Phi) is 5.03. The number of carbonyl (C=O) groups excluding carboxylic acids is 1. The van der Waals surface area contributed by atoms with E-state index in [-0.39, 0.29) is 11.3 Å². The average Bonchev–Trinajstić information content (AvgIpc) is 2.60. The summed E-state index contributed by atoms with van der Waals surface area (Å²) in [6, 6.07) is 13.6. The fourth-order valence-electron chi connectivity index (χ4n) is 3.14. The second kappa shape index (κ2) is 7.24. The third-order valence-corrected chi connectivity index (χ3v) is 4.29. The standard InChI is InChI=1S/C22H27N3O/c1-15(14-22(2,3)4)16-5-7-17(8-6-16)21(26)25-18-9-10-19-20(13-18)24-12-11-23-19/h5-10,13-14,23-24H,11-12H2,1-4H3,(H,25,26)/b15-14-. The molecule has 26 heavy (non-hydrogen) atoms. The van der Waals surface area contributed by atoms with Gasteiger partial charge in [0.15, 0.2) is 0 Å². The van der Waals surface area contributed by atoms with Crippen LogP contribution < -0.4 is 16.0 Å². The van der Waals surface area contributed by atoms with E-state index in [9.17, 15) is 4.79 Å². The number of amides is 1. The molecular weight excluding hydrogens is 322 g/mol. The van der Waals surface area contributed by atoms with Gasteiger partial charge in [0.2, 0.25) is 0 Å². The van der Waals surface area contributed by atoms with E-state index in [1.54, 1.807) is 0 Å². The quantitative estimate of drug-likeness (QED) is 0.711. The first-order valence-corrected chi connectivity index (χ1v) is 9.05. The van der Waals surface area contributed by atoms with E-state index in [0.717, 1.165) is 35.7 Å². The lowest BCUT2D eigenvalue weighted by Crippen LogP contribution is -2.20. The molecule has 1 aliphatic heterocycles. The van der Waals surface area contributed by atoms with Gasteiger partial charge in [0, 0.05) is 24.3 Å². The van der Waals surface area contributed by atoms with Gasteiger partial charge in [0.05, 0.1) is 11.4 Å². The first kappa shape index (κ1) is 18.1. The fraction of sp³-hybridized carbons (Fsp3) is 0.318. The largest absolute Gasteiger partial charge is 0.382 e. The molecule has 0 spiro atoms. The van der Waals surface area contributed by atoms with Gasteiger partial charge in [-0.15, -0.1) is 0 Å². The zero-order valence-corrected chi connectivity index (χ0v) is 15.9. The minimum atomic E-state index is -0.0993. The van der Waals surface area contributed by atoms with Gasteiger partial charge in [-0.05, 0) is 53.8 Å². The molecule has 0 aromatic heterocycles. The van der Waals surface area contributed by atoms with Gasteiger partial charge in [-0.3, -0.25) is 4.79 Å². The third-order valence-electron chi connectivity index (χ3n) is 4.29. The van der Waals surface area contributed by atoms with Crippen molar-refractivity contribution in [2.75, 3.05) is 29.0 Å². The Labute approximate surface area is 155 Å². The summed E-state index contributed by atoms with van der Waals surface area (Å²) >= 11 is 0. The maximum atomic E-state index is 12.5. The highest BCUT2D eigenvalue weighted by molar-refractivity contribution is 6.04. The molecular formula is C22H27N3O. The third kappa shape index (κ3) is 4.45. The zero-order valence-electron chi connectivity index (χ0n) is 15.9. The van der Waals surface area contributed by atoms with Crippen LogP contribution in [0.2, 0.25) is 0 Å². The minimum absolute atomic E-state index is 0.0993. The average molecular weight is 349 g/mol. The predicted octanol–water partition coefficient (Wildman–Crippen LogP) is 5.23. The van der Waals surface area contributed by atoms with E-state index in [1.165, 1.54) is 5.57 Å². The highest BCUT2D eigenvalue weighted by Gasteiger charge is 2.12. The summed E-state index contributed by atoms with van der Waals surface area (Å²) in [6.07, 6.45) is 2.25. The summed E-state index contributed by atoms with van der Waals surface area (Å²) in [5, 5.41) is 9.64. The smallest absolute Gasteiger partial charge is 0.255 e. The number of allylic oxidation sites excluding steroid dienone is 2. The number of rotatable bonds is 3. The molecule has 2 aromatic rings. The summed E-state index contributed by atoms with van der Waals surface area (Å²) in [5.74, 6) is -0.0993. The Bertz CT molecular complexity index is 829. The van der Waals surface area contributed by atoms with Crippen LogP contribution >= 0.6 is 0 Å². The van der Waals surface area contributed by atoms with Crippen LogP contribution in [-0.2, 0) is 0 Å². The van der Waals surface area contributed by atoms with E-state index in [0.29, 0.717) is 5.56 Å². The molecule has 136 valence electrons. The molecule has 0 saturated heterocycles. The normalized spacial score (nSPS) is 14.1. The van der Waals surface area contributed by atoms with Crippen molar-refractivity contribution in [2.45, 2.75) is 27.7 Å². The van der Waals surface area contributed by atoms with Crippen LogP contribution in [0.4, 0.5) is 17.1 Å². The molecule has 3 rings (SSSR count). The molecule has 4 nitrogen and oxygen atoms in total. The number of benzene rings is 2. The second-order valence-corrected chi connectivity index (χ2v) is 7.84. The summed E-state index contributed by atoms with van der Waals surface area (Å²) in [5.41, 5.74) is 6.03. The Hall–Kier alpha value is -2.75. The highest BCUT2D eigenvalue weighted by Crippen LogP contribution is 2.28. The molecule has 1 amide bonds. The number of fused-ring (bicyclic) bond motifs is 1. The van der Waals surface area contributed by atoms with Crippen molar-refractivity contribution in [1.29, 1.82) is 0 Å². The first-order chi connectivity index (χ1) is 12.3. The van der Waals surface area contributed by atoms with Crippen LogP contribution in [0.3, 0.4) is 0 Å². The van der Waals surface area contributed by atoms with Crippen LogP contribution in [0.25, 0.3) is 5.57 Å². The molecule has 4 heteroatoms. The van der Waals surface area contributed by atoms with Crippen LogP contribution in [0.1, 0.15) is 43.6 Å². The molecule has 0 atom stereocenters. The fourth-order valence-corrected chi connectivity index (χ4v) is 3.14. The van der Waals surface area contributed by atoms with Crippen molar-refractivity contribution in [3.05, 3.63) is 59.7 Å². The lowest BCUT2D eigenvalue weighted by molar-refractivity contribution is 0.102. The van der Waals surface area contributed by atoms with Crippen molar-refractivity contribution in [3.63, 3.8) is 0 Å². The molecule has 0 unspecified atom stereocenters. The summed E-state index contributed by atoms with van der Waals surface area (Å²) in [7, 11) is 0. The molecule has 0 radical (unpaired) electrons. The Morgan fingerprint density at radius 1 is 0.962 bits per heavy atom. The lowest BCUT2D eigenvalue weighted by atomic mass is 9.91. The van der Waals surface area contributed by atoms with Gasteiger partial charge in [-0.1, -0.05) is 39.0 Å². The molecule has 3 N–H and O–H groups in total. The van der Waals surface area contributed by atoms with Crippen LogP contribution in [-0.4, -0.2) is 19.0 Å². The van der Waals surface area contributed by atoms with E-state index in [2.05, 4.69) is 49.7 Å². The van der Waals surface area contributed by atoms with Crippen molar-refractivity contribution in [2.24, 2.45) is 5.41 Å². The molecule has 0 fully saturated rings. The van der Waals surface area contributed by atoms with Crippen LogP contribution in [0, 0.1) is 5.41 Å². The number of hydrogen-bond donors (Lipinski definition) is 3. The number of nitrogens with one attached hydrogen (secondary N) is 3. The summed E-state index contributed by atoms with van der Waals surface area (Å²) in [4.78, 5) is 12.5. The molecule has 0 bridgehead atoms. The van der Waals surface area contributed by atoms with Crippen LogP contribution in [0.5, 0.6) is 0 Å². The summed E-state index contributed by atoms with van der Waals surface area (Å²) in [6.45, 7) is 10.4. The van der Waals surface area contributed by atoms with E-state index < -0.39 is 0 Å². The van der Waals surface area contributed by atoms with Gasteiger partial charge in [0.1, 0.15) is 0 Å². The molecule has 1 aliphatic rings. The zero-order chi connectivity index (χ0) is 18.7. The van der Waals surface area contributed by atoms with Crippen molar-refractivity contribution < 1.29 is 4.79 Å². The van der Waals surface area contributed by atoms with E-state index in [1.807, 2.05) is 42.5 Å². The maximum absolute atomic E-state index is 12.5. The first-order valence-electron chi connectivity index (χ1n) is 9.05. The summed E-state index contributed by atoms with van der Waals surface area (Å²) < 4.78 is 0. The monoisotopic (exact) mass is 349 g/mol. The van der Waals surface area contributed by atoms with E-state index in [4.69, 9.17) is 0 Å². The lowest BCUT2D eigenvalue weighted by Gasteiger charge is -2.20. The molecule has 2 aromatic carbocycles. The Morgan fingerprint density at radius 3 is 2.23 bits per heavy atom.